The van der Waals surface area contributed by atoms with Gasteiger partial charge in [0.05, 0.1) is 12.6 Å². The second-order valence-electron chi connectivity index (χ2n) is 7.96. The molecule has 1 spiro atoms. The normalized spacial score (nSPS) is 18.7. The number of nitrogens with zero attached hydrogens (tertiary/aromatic N) is 2. The number of carbonyl (C=O) groups is 2. The molecule has 2 amide bonds. The van der Waals surface area contributed by atoms with E-state index in [-0.39, 0.29) is 17.5 Å². The molecule has 1 saturated carbocycles. The summed E-state index contributed by atoms with van der Waals surface area (Å²) in [6.07, 6.45) is 1.51. The van der Waals surface area contributed by atoms with Crippen molar-refractivity contribution in [2.45, 2.75) is 44.8 Å². The van der Waals surface area contributed by atoms with E-state index in [1.54, 1.807) is 24.1 Å². The fourth-order valence-corrected chi connectivity index (χ4v) is 3.78. The SMILES string of the molecule is COc1cc(Br)cc(C(=O)N2CCN(C(=O)OC(C)(C)C)CC23CC3)c1. The smallest absolute Gasteiger partial charge is 0.410 e. The maximum absolute atomic E-state index is 13.1. The molecule has 0 bridgehead atoms. The van der Waals surface area contributed by atoms with Gasteiger partial charge in [-0.05, 0) is 51.8 Å². The lowest BCUT2D eigenvalue weighted by molar-refractivity contribution is 0.000631. The largest absolute Gasteiger partial charge is 0.497 e. The Morgan fingerprint density at radius 3 is 2.42 bits per heavy atom. The molecule has 0 radical (unpaired) electrons. The van der Waals surface area contributed by atoms with Gasteiger partial charge in [0.2, 0.25) is 0 Å². The highest BCUT2D eigenvalue weighted by atomic mass is 79.9. The summed E-state index contributed by atoms with van der Waals surface area (Å²) in [5.74, 6) is 0.617. The number of piperazine rings is 1. The van der Waals surface area contributed by atoms with Crippen LogP contribution in [0.15, 0.2) is 22.7 Å². The molecule has 7 heteroatoms. The number of hydrogen-bond acceptors (Lipinski definition) is 4. The Balaban J connectivity index is 1.75. The number of hydrogen-bond donors (Lipinski definition) is 0. The zero-order valence-electron chi connectivity index (χ0n) is 15.7. The van der Waals surface area contributed by atoms with E-state index >= 15 is 0 Å². The summed E-state index contributed by atoms with van der Waals surface area (Å²) in [6, 6.07) is 5.38. The van der Waals surface area contributed by atoms with Crippen LogP contribution in [-0.4, -0.2) is 59.7 Å². The summed E-state index contributed by atoms with van der Waals surface area (Å²) in [5, 5.41) is 0. The van der Waals surface area contributed by atoms with Gasteiger partial charge >= 0.3 is 6.09 Å². The fourth-order valence-electron chi connectivity index (χ4n) is 3.31. The molecule has 1 aromatic rings. The number of rotatable bonds is 2. The Labute approximate surface area is 162 Å². The molecule has 1 saturated heterocycles. The van der Waals surface area contributed by atoms with Crippen LogP contribution in [0.1, 0.15) is 44.0 Å². The van der Waals surface area contributed by atoms with Crippen LogP contribution >= 0.6 is 15.9 Å². The monoisotopic (exact) mass is 424 g/mol. The Hall–Kier alpha value is -1.76. The minimum Gasteiger partial charge on any atom is -0.497 e. The van der Waals surface area contributed by atoms with Gasteiger partial charge in [0.25, 0.3) is 5.91 Å². The van der Waals surface area contributed by atoms with Crippen LogP contribution in [0.4, 0.5) is 4.79 Å². The summed E-state index contributed by atoms with van der Waals surface area (Å²) in [7, 11) is 1.58. The van der Waals surface area contributed by atoms with E-state index < -0.39 is 5.60 Å². The Kier molecular flexibility index (Phi) is 4.94. The molecular weight excluding hydrogens is 400 g/mol. The van der Waals surface area contributed by atoms with E-state index in [2.05, 4.69) is 15.9 Å². The third kappa shape index (κ3) is 3.98. The van der Waals surface area contributed by atoms with E-state index in [0.29, 0.717) is 30.9 Å². The summed E-state index contributed by atoms with van der Waals surface area (Å²) in [5.41, 5.74) is -0.191. The number of halogens is 1. The van der Waals surface area contributed by atoms with Gasteiger partial charge in [-0.25, -0.2) is 4.79 Å². The minimum absolute atomic E-state index is 0.0223. The summed E-state index contributed by atoms with van der Waals surface area (Å²) >= 11 is 3.43. The van der Waals surface area contributed by atoms with Gasteiger partial charge in [-0.3, -0.25) is 4.79 Å². The molecule has 26 heavy (non-hydrogen) atoms. The molecule has 1 aliphatic heterocycles. The second kappa shape index (κ2) is 6.76. The number of ether oxygens (including phenoxy) is 2. The third-order valence-corrected chi connectivity index (χ3v) is 5.19. The van der Waals surface area contributed by atoms with Crippen molar-refractivity contribution in [1.29, 1.82) is 0 Å². The minimum atomic E-state index is -0.520. The zero-order chi connectivity index (χ0) is 19.1. The van der Waals surface area contributed by atoms with Gasteiger partial charge in [-0.15, -0.1) is 0 Å². The molecule has 2 fully saturated rings. The molecule has 0 N–H and O–H groups in total. The Bertz CT molecular complexity index is 725. The number of benzene rings is 1. The lowest BCUT2D eigenvalue weighted by atomic mass is 10.1. The van der Waals surface area contributed by atoms with Crippen molar-refractivity contribution in [2.24, 2.45) is 0 Å². The predicted octanol–water partition coefficient (Wildman–Crippen LogP) is 3.68. The first-order valence-corrected chi connectivity index (χ1v) is 9.57. The maximum atomic E-state index is 13.1. The van der Waals surface area contributed by atoms with E-state index in [1.165, 1.54) is 0 Å². The van der Waals surface area contributed by atoms with Gasteiger partial charge in [-0.2, -0.15) is 0 Å². The highest BCUT2D eigenvalue weighted by molar-refractivity contribution is 9.10. The van der Waals surface area contributed by atoms with Crippen molar-refractivity contribution < 1.29 is 19.1 Å². The molecule has 142 valence electrons. The highest BCUT2D eigenvalue weighted by Crippen LogP contribution is 2.45. The molecule has 2 aliphatic rings. The standard InChI is InChI=1S/C19H25BrN2O4/c1-18(2,3)26-17(24)21-7-8-22(19(12-21)5-6-19)16(23)13-9-14(20)11-15(10-13)25-4/h9-11H,5-8,12H2,1-4H3. The molecule has 1 heterocycles. The predicted molar refractivity (Wildman–Crippen MR) is 102 cm³/mol. The van der Waals surface area contributed by atoms with Gasteiger partial charge in [0.15, 0.2) is 0 Å². The van der Waals surface area contributed by atoms with E-state index in [9.17, 15) is 9.59 Å². The lowest BCUT2D eigenvalue weighted by Gasteiger charge is -2.42. The van der Waals surface area contributed by atoms with Crippen LogP contribution in [0.25, 0.3) is 0 Å². The Morgan fingerprint density at radius 1 is 1.15 bits per heavy atom. The molecule has 0 atom stereocenters. The summed E-state index contributed by atoms with van der Waals surface area (Å²) in [6.45, 7) is 7.09. The van der Waals surface area contributed by atoms with Crippen LogP contribution < -0.4 is 4.74 Å². The summed E-state index contributed by atoms with van der Waals surface area (Å²) < 4.78 is 11.6. The van der Waals surface area contributed by atoms with Crippen LogP contribution in [-0.2, 0) is 4.74 Å². The van der Waals surface area contributed by atoms with Crippen LogP contribution in [0.3, 0.4) is 0 Å². The Morgan fingerprint density at radius 2 is 1.85 bits per heavy atom. The highest BCUT2D eigenvalue weighted by Gasteiger charge is 2.54. The van der Waals surface area contributed by atoms with Gasteiger partial charge in [-0.1, -0.05) is 15.9 Å². The maximum Gasteiger partial charge on any atom is 0.410 e. The van der Waals surface area contributed by atoms with Crippen molar-refractivity contribution in [2.75, 3.05) is 26.7 Å². The third-order valence-electron chi connectivity index (χ3n) is 4.73. The van der Waals surface area contributed by atoms with E-state index in [1.807, 2.05) is 31.7 Å². The first-order valence-electron chi connectivity index (χ1n) is 8.78. The van der Waals surface area contributed by atoms with Gasteiger partial charge < -0.3 is 19.3 Å². The van der Waals surface area contributed by atoms with Crippen LogP contribution in [0, 0.1) is 0 Å². The fraction of sp³-hybridized carbons (Fsp3) is 0.579. The second-order valence-corrected chi connectivity index (χ2v) is 8.88. The molecule has 3 rings (SSSR count). The number of carbonyl (C=O) groups excluding carboxylic acids is 2. The van der Waals surface area contributed by atoms with Crippen molar-refractivity contribution in [3.8, 4) is 5.75 Å². The van der Waals surface area contributed by atoms with Crippen molar-refractivity contribution in [1.82, 2.24) is 9.80 Å². The molecule has 1 aliphatic carbocycles. The van der Waals surface area contributed by atoms with Crippen LogP contribution in [0.2, 0.25) is 0 Å². The van der Waals surface area contributed by atoms with Crippen molar-refractivity contribution >= 4 is 27.9 Å². The molecular formula is C19H25BrN2O4. The number of amides is 2. The average molecular weight is 425 g/mol. The first kappa shape index (κ1) is 19.0. The van der Waals surface area contributed by atoms with E-state index in [0.717, 1.165) is 17.3 Å². The quantitative estimate of drug-likeness (QED) is 0.726. The lowest BCUT2D eigenvalue weighted by Crippen LogP contribution is -2.58. The molecule has 0 unspecified atom stereocenters. The van der Waals surface area contributed by atoms with Crippen LogP contribution in [0.5, 0.6) is 5.75 Å². The first-order chi connectivity index (χ1) is 12.1. The molecule has 1 aromatic carbocycles. The average Bonchev–Trinajstić information content (AvgIpc) is 3.31. The van der Waals surface area contributed by atoms with E-state index in [4.69, 9.17) is 9.47 Å². The number of methoxy groups -OCH3 is 1. The zero-order valence-corrected chi connectivity index (χ0v) is 17.3. The molecule has 6 nitrogen and oxygen atoms in total. The van der Waals surface area contributed by atoms with Crippen molar-refractivity contribution in [3.63, 3.8) is 0 Å². The van der Waals surface area contributed by atoms with Crippen molar-refractivity contribution in [3.05, 3.63) is 28.2 Å². The summed E-state index contributed by atoms with van der Waals surface area (Å²) in [4.78, 5) is 29.1. The van der Waals surface area contributed by atoms with Gasteiger partial charge in [0, 0.05) is 29.7 Å². The van der Waals surface area contributed by atoms with Gasteiger partial charge in [0.1, 0.15) is 11.4 Å². The molecule has 0 aromatic heterocycles. The topological polar surface area (TPSA) is 59.1 Å².